The molecule has 0 spiro atoms. The molecule has 0 radical (unpaired) electrons. The van der Waals surface area contributed by atoms with Gasteiger partial charge in [0, 0.05) is 48.9 Å². The summed E-state index contributed by atoms with van der Waals surface area (Å²) < 4.78 is 5.79. The molecule has 0 N–H and O–H groups in total. The normalized spacial score (nSPS) is 19.1. The number of nitrogens with zero attached hydrogens (tertiary/aromatic N) is 4. The molecule has 188 valence electrons. The quantitative estimate of drug-likeness (QED) is 0.474. The standard InChI is InChI=1S/C28H32N4O3S/c33-26(19-35-23-9-5-2-6-10-23)32-18-17-31(28(34)22-7-3-1-4-8-22)16-13-25(32)27-30-24(20-36-27)21-11-14-29-15-12-21/h2,5-6,9-12,14-15,20,22,25H,1,3-4,7-8,13,16-19H2. The van der Waals surface area contributed by atoms with E-state index in [-0.39, 0.29) is 30.4 Å². The number of carbonyl (C=O) groups is 2. The van der Waals surface area contributed by atoms with Crippen LogP contribution in [0.3, 0.4) is 0 Å². The van der Waals surface area contributed by atoms with E-state index in [4.69, 9.17) is 9.72 Å². The third-order valence-corrected chi connectivity index (χ3v) is 8.08. The molecule has 3 aromatic rings. The zero-order valence-corrected chi connectivity index (χ0v) is 21.2. The number of ether oxygens (including phenoxy) is 1. The second-order valence-electron chi connectivity index (χ2n) is 9.46. The van der Waals surface area contributed by atoms with Crippen molar-refractivity contribution in [2.24, 2.45) is 5.92 Å². The van der Waals surface area contributed by atoms with E-state index in [1.165, 1.54) is 6.42 Å². The first-order valence-corrected chi connectivity index (χ1v) is 13.7. The Balaban J connectivity index is 1.35. The summed E-state index contributed by atoms with van der Waals surface area (Å²) in [6, 6.07) is 13.1. The van der Waals surface area contributed by atoms with Gasteiger partial charge in [0.05, 0.1) is 11.7 Å². The Labute approximate surface area is 216 Å². The molecule has 1 aliphatic carbocycles. The van der Waals surface area contributed by atoms with E-state index in [1.807, 2.05) is 57.6 Å². The molecule has 2 amide bonds. The lowest BCUT2D eigenvalue weighted by Crippen LogP contribution is -2.42. The average molecular weight is 505 g/mol. The Morgan fingerprint density at radius 3 is 2.50 bits per heavy atom. The fourth-order valence-corrected chi connectivity index (χ4v) is 6.13. The molecule has 1 saturated carbocycles. The number of para-hydroxylation sites is 1. The summed E-state index contributed by atoms with van der Waals surface area (Å²) in [6.07, 6.45) is 9.62. The van der Waals surface area contributed by atoms with E-state index in [9.17, 15) is 9.59 Å². The van der Waals surface area contributed by atoms with E-state index < -0.39 is 0 Å². The highest BCUT2D eigenvalue weighted by molar-refractivity contribution is 7.10. The van der Waals surface area contributed by atoms with Crippen molar-refractivity contribution in [1.29, 1.82) is 0 Å². The summed E-state index contributed by atoms with van der Waals surface area (Å²) in [5.41, 5.74) is 1.88. The smallest absolute Gasteiger partial charge is 0.261 e. The molecule has 1 aromatic carbocycles. The van der Waals surface area contributed by atoms with Gasteiger partial charge in [-0.2, -0.15) is 0 Å². The molecule has 8 heteroatoms. The van der Waals surface area contributed by atoms with Gasteiger partial charge in [-0.25, -0.2) is 4.98 Å². The molecule has 1 aliphatic heterocycles. The van der Waals surface area contributed by atoms with E-state index in [0.29, 0.717) is 31.8 Å². The van der Waals surface area contributed by atoms with Crippen LogP contribution in [0.2, 0.25) is 0 Å². The predicted molar refractivity (Wildman–Crippen MR) is 140 cm³/mol. The SMILES string of the molecule is O=C(C1CCCCC1)N1CCC(c2nc(-c3ccncc3)cs2)N(C(=O)COc2ccccc2)CC1. The Hall–Kier alpha value is -3.26. The second-order valence-corrected chi connectivity index (χ2v) is 10.4. The molecule has 0 bridgehead atoms. The van der Waals surface area contributed by atoms with Crippen LogP contribution in [0.5, 0.6) is 5.75 Å². The highest BCUT2D eigenvalue weighted by Crippen LogP contribution is 2.33. The summed E-state index contributed by atoms with van der Waals surface area (Å²) in [5.74, 6) is 0.955. The Kier molecular flexibility index (Phi) is 7.91. The maximum atomic E-state index is 13.4. The number of aromatic nitrogens is 2. The van der Waals surface area contributed by atoms with Gasteiger partial charge in [0.2, 0.25) is 5.91 Å². The van der Waals surface area contributed by atoms with Gasteiger partial charge in [-0.05, 0) is 43.5 Å². The second kappa shape index (κ2) is 11.6. The maximum Gasteiger partial charge on any atom is 0.261 e. The van der Waals surface area contributed by atoms with Crippen LogP contribution < -0.4 is 4.74 Å². The number of pyridine rings is 1. The van der Waals surface area contributed by atoms with E-state index in [2.05, 4.69) is 4.98 Å². The lowest BCUT2D eigenvalue weighted by Gasteiger charge is -2.29. The number of hydrogen-bond donors (Lipinski definition) is 0. The van der Waals surface area contributed by atoms with Gasteiger partial charge < -0.3 is 14.5 Å². The van der Waals surface area contributed by atoms with Gasteiger partial charge in [0.15, 0.2) is 6.61 Å². The Morgan fingerprint density at radius 2 is 1.72 bits per heavy atom. The zero-order chi connectivity index (χ0) is 24.7. The van der Waals surface area contributed by atoms with Crippen LogP contribution in [0.25, 0.3) is 11.3 Å². The minimum absolute atomic E-state index is 0.0420. The molecule has 7 nitrogen and oxygen atoms in total. The van der Waals surface area contributed by atoms with E-state index in [1.54, 1.807) is 23.7 Å². The first kappa shape index (κ1) is 24.4. The molecule has 2 aliphatic rings. The molecular weight excluding hydrogens is 472 g/mol. The van der Waals surface area contributed by atoms with Crippen LogP contribution >= 0.6 is 11.3 Å². The van der Waals surface area contributed by atoms with Crippen LogP contribution in [0.4, 0.5) is 0 Å². The summed E-state index contributed by atoms with van der Waals surface area (Å²) in [5, 5.41) is 2.92. The van der Waals surface area contributed by atoms with Gasteiger partial charge in [0.25, 0.3) is 5.91 Å². The summed E-state index contributed by atoms with van der Waals surface area (Å²) in [4.78, 5) is 39.6. The molecule has 1 unspecified atom stereocenters. The predicted octanol–water partition coefficient (Wildman–Crippen LogP) is 4.97. The maximum absolute atomic E-state index is 13.4. The molecule has 2 fully saturated rings. The number of carbonyl (C=O) groups excluding carboxylic acids is 2. The topological polar surface area (TPSA) is 75.6 Å². The van der Waals surface area contributed by atoms with Gasteiger partial charge in [-0.15, -0.1) is 11.3 Å². The average Bonchev–Trinajstić information content (AvgIpc) is 3.33. The van der Waals surface area contributed by atoms with Crippen molar-refractivity contribution >= 4 is 23.2 Å². The van der Waals surface area contributed by atoms with Crippen molar-refractivity contribution in [2.45, 2.75) is 44.6 Å². The van der Waals surface area contributed by atoms with E-state index in [0.717, 1.165) is 41.9 Å². The monoisotopic (exact) mass is 504 g/mol. The van der Waals surface area contributed by atoms with Crippen LogP contribution in [0.15, 0.2) is 60.2 Å². The van der Waals surface area contributed by atoms with Gasteiger partial charge in [-0.3, -0.25) is 14.6 Å². The summed E-state index contributed by atoms with van der Waals surface area (Å²) >= 11 is 1.56. The van der Waals surface area contributed by atoms with Gasteiger partial charge in [0.1, 0.15) is 10.8 Å². The van der Waals surface area contributed by atoms with Crippen molar-refractivity contribution in [3.8, 4) is 17.0 Å². The zero-order valence-electron chi connectivity index (χ0n) is 20.4. The number of rotatable bonds is 6. The van der Waals surface area contributed by atoms with Crippen LogP contribution in [-0.4, -0.2) is 57.8 Å². The minimum atomic E-state index is -0.193. The van der Waals surface area contributed by atoms with Crippen molar-refractivity contribution < 1.29 is 14.3 Å². The lowest BCUT2D eigenvalue weighted by molar-refractivity contribution is -0.138. The first-order chi connectivity index (χ1) is 17.7. The van der Waals surface area contributed by atoms with Crippen LogP contribution in [0, 0.1) is 5.92 Å². The van der Waals surface area contributed by atoms with Crippen LogP contribution in [-0.2, 0) is 9.59 Å². The van der Waals surface area contributed by atoms with Crippen LogP contribution in [0.1, 0.15) is 49.6 Å². The van der Waals surface area contributed by atoms with E-state index >= 15 is 0 Å². The summed E-state index contributed by atoms with van der Waals surface area (Å²) in [6.45, 7) is 1.61. The lowest BCUT2D eigenvalue weighted by atomic mass is 9.88. The van der Waals surface area contributed by atoms with Gasteiger partial charge in [-0.1, -0.05) is 37.5 Å². The fraction of sp³-hybridized carbons (Fsp3) is 0.429. The molecular formula is C28H32N4O3S. The van der Waals surface area contributed by atoms with Crippen molar-refractivity contribution in [3.05, 3.63) is 65.2 Å². The molecule has 3 heterocycles. The molecule has 1 saturated heterocycles. The third-order valence-electron chi connectivity index (χ3n) is 7.13. The highest BCUT2D eigenvalue weighted by Gasteiger charge is 2.34. The number of benzene rings is 1. The van der Waals surface area contributed by atoms with Crippen molar-refractivity contribution in [1.82, 2.24) is 19.8 Å². The highest BCUT2D eigenvalue weighted by atomic mass is 32.1. The number of hydrogen-bond acceptors (Lipinski definition) is 6. The van der Waals surface area contributed by atoms with Crippen molar-refractivity contribution in [3.63, 3.8) is 0 Å². The Morgan fingerprint density at radius 1 is 0.944 bits per heavy atom. The number of amides is 2. The largest absolute Gasteiger partial charge is 0.484 e. The molecule has 5 rings (SSSR count). The van der Waals surface area contributed by atoms with Gasteiger partial charge >= 0.3 is 0 Å². The molecule has 1 atom stereocenters. The minimum Gasteiger partial charge on any atom is -0.484 e. The van der Waals surface area contributed by atoms with Crippen molar-refractivity contribution in [2.75, 3.05) is 26.2 Å². The Bertz CT molecular complexity index is 1150. The molecule has 2 aromatic heterocycles. The fourth-order valence-electron chi connectivity index (χ4n) is 5.15. The third kappa shape index (κ3) is 5.75. The number of thiazole rings is 1. The molecule has 36 heavy (non-hydrogen) atoms. The first-order valence-electron chi connectivity index (χ1n) is 12.8. The summed E-state index contributed by atoms with van der Waals surface area (Å²) in [7, 11) is 0.